The lowest BCUT2D eigenvalue weighted by Crippen LogP contribution is -2.51. The fraction of sp³-hybridized carbons (Fsp3) is 0.222. The van der Waals surface area contributed by atoms with E-state index in [2.05, 4.69) is 14.8 Å². The molecule has 0 spiro atoms. The van der Waals surface area contributed by atoms with E-state index in [1.54, 1.807) is 18.3 Å². The van der Waals surface area contributed by atoms with E-state index >= 15 is 0 Å². The van der Waals surface area contributed by atoms with Crippen molar-refractivity contribution in [3.8, 4) is 0 Å². The Morgan fingerprint density at radius 2 is 1.62 bits per heavy atom. The number of carbonyl (C=O) groups is 1. The van der Waals surface area contributed by atoms with Gasteiger partial charge in [-0.1, -0.05) is 59.6 Å². The van der Waals surface area contributed by atoms with Gasteiger partial charge in [0.1, 0.15) is 6.10 Å². The SMILES string of the molecule is O=C(c1c[nH]c2ccccc12)[C@@H](O)[C@H](c1ccc(Cl)cc1)N1CCN(c2cccc(Cl)c2)CC1. The molecule has 7 heteroatoms. The molecule has 1 fully saturated rings. The largest absolute Gasteiger partial charge is 0.383 e. The van der Waals surface area contributed by atoms with Gasteiger partial charge in [0.25, 0.3) is 0 Å². The Morgan fingerprint density at radius 1 is 0.882 bits per heavy atom. The van der Waals surface area contributed by atoms with Gasteiger partial charge in [-0.25, -0.2) is 0 Å². The summed E-state index contributed by atoms with van der Waals surface area (Å²) in [6.45, 7) is 2.91. The second-order valence-electron chi connectivity index (χ2n) is 8.56. The van der Waals surface area contributed by atoms with Crippen molar-refractivity contribution in [3.63, 3.8) is 0 Å². The number of aliphatic hydroxyl groups excluding tert-OH is 1. The number of anilines is 1. The fourth-order valence-corrected chi connectivity index (χ4v) is 5.07. The van der Waals surface area contributed by atoms with Gasteiger partial charge in [0.05, 0.1) is 6.04 Å². The smallest absolute Gasteiger partial charge is 0.195 e. The van der Waals surface area contributed by atoms with Gasteiger partial charge in [0.2, 0.25) is 0 Å². The number of nitrogens with one attached hydrogen (secondary N) is 1. The Balaban J connectivity index is 1.42. The Morgan fingerprint density at radius 3 is 2.35 bits per heavy atom. The summed E-state index contributed by atoms with van der Waals surface area (Å²) < 4.78 is 0. The van der Waals surface area contributed by atoms with Gasteiger partial charge >= 0.3 is 0 Å². The number of aliphatic hydroxyl groups is 1. The van der Waals surface area contributed by atoms with Crippen molar-refractivity contribution < 1.29 is 9.90 Å². The van der Waals surface area contributed by atoms with E-state index in [4.69, 9.17) is 23.2 Å². The first-order valence-corrected chi connectivity index (χ1v) is 12.1. The molecule has 2 heterocycles. The van der Waals surface area contributed by atoms with Crippen molar-refractivity contribution in [2.24, 2.45) is 0 Å². The molecule has 0 aliphatic carbocycles. The molecule has 34 heavy (non-hydrogen) atoms. The Hall–Kier alpha value is -2.83. The maximum Gasteiger partial charge on any atom is 0.195 e. The maximum atomic E-state index is 13.5. The molecule has 174 valence electrons. The number of nitrogens with zero attached hydrogens (tertiary/aromatic N) is 2. The minimum absolute atomic E-state index is 0.297. The number of H-pyrrole nitrogens is 1. The standard InChI is InChI=1S/C27H25Cl2N3O2/c28-19-10-8-18(9-11-19)25(27(34)26(33)23-17-30-24-7-2-1-6-22(23)24)32-14-12-31(13-15-32)21-5-3-4-20(29)16-21/h1-11,16-17,25,27,30,34H,12-15H2/t25-,27-/m0/s1. The number of para-hydroxylation sites is 1. The number of ketones is 1. The summed E-state index contributed by atoms with van der Waals surface area (Å²) >= 11 is 12.3. The molecule has 2 atom stereocenters. The zero-order valence-corrected chi connectivity index (χ0v) is 20.0. The van der Waals surface area contributed by atoms with Crippen molar-refractivity contribution in [2.45, 2.75) is 12.1 Å². The lowest BCUT2D eigenvalue weighted by atomic mass is 9.93. The summed E-state index contributed by atoms with van der Waals surface area (Å²) in [5.41, 5.74) is 3.31. The summed E-state index contributed by atoms with van der Waals surface area (Å²) in [6.07, 6.45) is 0.463. The molecule has 0 amide bonds. The van der Waals surface area contributed by atoms with E-state index in [0.29, 0.717) is 28.7 Å². The van der Waals surface area contributed by atoms with Gasteiger partial charge in [-0.2, -0.15) is 0 Å². The van der Waals surface area contributed by atoms with E-state index in [0.717, 1.165) is 35.2 Å². The van der Waals surface area contributed by atoms with Crippen LogP contribution in [0.4, 0.5) is 5.69 Å². The Kier molecular flexibility index (Phi) is 6.61. The number of hydrogen-bond donors (Lipinski definition) is 2. The Labute approximate surface area is 208 Å². The number of fused-ring (bicyclic) bond motifs is 1. The molecule has 2 N–H and O–H groups in total. The number of benzene rings is 3. The normalized spacial score (nSPS) is 16.5. The van der Waals surface area contributed by atoms with Crippen LogP contribution >= 0.6 is 23.2 Å². The number of Topliss-reactive ketones (excluding diaryl/α,β-unsaturated/α-hetero) is 1. The van der Waals surface area contributed by atoms with Crippen molar-refractivity contribution in [1.29, 1.82) is 0 Å². The first-order chi connectivity index (χ1) is 16.5. The summed E-state index contributed by atoms with van der Waals surface area (Å²) in [6, 6.07) is 22.3. The summed E-state index contributed by atoms with van der Waals surface area (Å²) in [4.78, 5) is 21.1. The quantitative estimate of drug-likeness (QED) is 0.344. The Bertz CT molecular complexity index is 1300. The highest BCUT2D eigenvalue weighted by Crippen LogP contribution is 2.31. The van der Waals surface area contributed by atoms with Crippen LogP contribution in [0.25, 0.3) is 10.9 Å². The fourth-order valence-electron chi connectivity index (χ4n) is 4.76. The monoisotopic (exact) mass is 493 g/mol. The minimum Gasteiger partial charge on any atom is -0.383 e. The molecule has 0 unspecified atom stereocenters. The molecule has 0 saturated carbocycles. The number of aromatic amines is 1. The summed E-state index contributed by atoms with van der Waals surface area (Å²) in [5, 5.41) is 13.6. The zero-order valence-electron chi connectivity index (χ0n) is 18.5. The number of piperazine rings is 1. The number of halogens is 2. The van der Waals surface area contributed by atoms with Crippen LogP contribution in [-0.2, 0) is 0 Å². The predicted molar refractivity (Wildman–Crippen MR) is 138 cm³/mol. The molecular weight excluding hydrogens is 469 g/mol. The number of rotatable bonds is 6. The number of aromatic nitrogens is 1. The highest BCUT2D eigenvalue weighted by molar-refractivity contribution is 6.31. The van der Waals surface area contributed by atoms with Crippen molar-refractivity contribution in [3.05, 3.63) is 100 Å². The van der Waals surface area contributed by atoms with Gasteiger partial charge in [-0.05, 0) is 42.0 Å². The van der Waals surface area contributed by atoms with Crippen LogP contribution in [0, 0.1) is 0 Å². The van der Waals surface area contributed by atoms with Gasteiger partial charge < -0.3 is 15.0 Å². The molecule has 1 aliphatic heterocycles. The molecular formula is C27H25Cl2N3O2. The van der Waals surface area contributed by atoms with Crippen LogP contribution in [0.5, 0.6) is 0 Å². The maximum absolute atomic E-state index is 13.5. The van der Waals surface area contributed by atoms with Crippen LogP contribution in [0.1, 0.15) is 22.0 Å². The molecule has 1 saturated heterocycles. The zero-order chi connectivity index (χ0) is 23.7. The third-order valence-electron chi connectivity index (χ3n) is 6.51. The van der Waals surface area contributed by atoms with Crippen molar-refractivity contribution in [1.82, 2.24) is 9.88 Å². The first-order valence-electron chi connectivity index (χ1n) is 11.3. The van der Waals surface area contributed by atoms with Gasteiger partial charge in [0.15, 0.2) is 5.78 Å². The topological polar surface area (TPSA) is 59.6 Å². The average molecular weight is 494 g/mol. The van der Waals surface area contributed by atoms with Crippen LogP contribution in [0.3, 0.4) is 0 Å². The van der Waals surface area contributed by atoms with Crippen LogP contribution in [0.2, 0.25) is 10.0 Å². The lowest BCUT2D eigenvalue weighted by Gasteiger charge is -2.41. The molecule has 4 aromatic rings. The average Bonchev–Trinajstić information content (AvgIpc) is 3.29. The summed E-state index contributed by atoms with van der Waals surface area (Å²) in [7, 11) is 0. The van der Waals surface area contributed by atoms with E-state index in [9.17, 15) is 9.90 Å². The third kappa shape index (κ3) is 4.57. The summed E-state index contributed by atoms with van der Waals surface area (Å²) in [5.74, 6) is -0.297. The second-order valence-corrected chi connectivity index (χ2v) is 9.43. The van der Waals surface area contributed by atoms with Crippen LogP contribution < -0.4 is 4.90 Å². The number of carbonyl (C=O) groups excluding carboxylic acids is 1. The van der Waals surface area contributed by atoms with E-state index < -0.39 is 12.1 Å². The van der Waals surface area contributed by atoms with Gasteiger partial charge in [-0.3, -0.25) is 9.69 Å². The lowest BCUT2D eigenvalue weighted by molar-refractivity contribution is 0.0366. The molecule has 5 rings (SSSR count). The molecule has 3 aromatic carbocycles. The number of hydrogen-bond acceptors (Lipinski definition) is 4. The molecule has 1 aliphatic rings. The van der Waals surface area contributed by atoms with Crippen LogP contribution in [-0.4, -0.2) is 53.1 Å². The van der Waals surface area contributed by atoms with Crippen molar-refractivity contribution in [2.75, 3.05) is 31.1 Å². The molecule has 1 aromatic heterocycles. The van der Waals surface area contributed by atoms with E-state index in [1.165, 1.54) is 0 Å². The van der Waals surface area contributed by atoms with E-state index in [1.807, 2.05) is 60.7 Å². The first kappa shape index (κ1) is 22.9. The predicted octanol–water partition coefficient (Wildman–Crippen LogP) is 5.58. The molecule has 0 bridgehead atoms. The molecule has 5 nitrogen and oxygen atoms in total. The molecule has 0 radical (unpaired) electrons. The highest BCUT2D eigenvalue weighted by atomic mass is 35.5. The third-order valence-corrected chi connectivity index (χ3v) is 7.00. The van der Waals surface area contributed by atoms with Crippen molar-refractivity contribution >= 4 is 45.6 Å². The van der Waals surface area contributed by atoms with Gasteiger partial charge in [0, 0.05) is 64.6 Å². The van der Waals surface area contributed by atoms with Gasteiger partial charge in [-0.15, -0.1) is 0 Å². The highest BCUT2D eigenvalue weighted by Gasteiger charge is 2.35. The minimum atomic E-state index is -1.22. The van der Waals surface area contributed by atoms with E-state index in [-0.39, 0.29) is 5.78 Å². The second kappa shape index (κ2) is 9.80. The van der Waals surface area contributed by atoms with Crippen LogP contribution in [0.15, 0.2) is 79.0 Å².